The Kier molecular flexibility index (Phi) is 7.61. The van der Waals surface area contributed by atoms with E-state index in [4.69, 9.17) is 19.9 Å². The lowest BCUT2D eigenvalue weighted by atomic mass is 10.1. The van der Waals surface area contributed by atoms with E-state index in [1.807, 2.05) is 13.0 Å². The minimum atomic E-state index is -1.88. The van der Waals surface area contributed by atoms with Crippen LogP contribution in [0.3, 0.4) is 0 Å². The van der Waals surface area contributed by atoms with Crippen molar-refractivity contribution in [2.75, 3.05) is 24.3 Å². The van der Waals surface area contributed by atoms with Crippen LogP contribution in [-0.4, -0.2) is 47.4 Å². The summed E-state index contributed by atoms with van der Waals surface area (Å²) < 4.78 is 12.3. The van der Waals surface area contributed by atoms with Crippen LogP contribution < -0.4 is 15.8 Å². The van der Waals surface area contributed by atoms with Crippen LogP contribution in [0.15, 0.2) is 36.7 Å². The second-order valence-corrected chi connectivity index (χ2v) is 15.8. The number of ether oxygens (including phenoxy) is 1. The van der Waals surface area contributed by atoms with E-state index in [0.717, 1.165) is 24.1 Å². The Hall–Kier alpha value is -3.37. The summed E-state index contributed by atoms with van der Waals surface area (Å²) in [5, 5.41) is 3.00. The van der Waals surface area contributed by atoms with Gasteiger partial charge in [0.05, 0.1) is 24.2 Å². The van der Waals surface area contributed by atoms with Gasteiger partial charge in [0.1, 0.15) is 12.4 Å². The van der Waals surface area contributed by atoms with Crippen LogP contribution in [0.1, 0.15) is 39.3 Å². The fourth-order valence-electron chi connectivity index (χ4n) is 3.45. The van der Waals surface area contributed by atoms with Crippen LogP contribution >= 0.6 is 0 Å². The van der Waals surface area contributed by atoms with Crippen molar-refractivity contribution in [2.24, 2.45) is 5.92 Å². The maximum atomic E-state index is 12.2. The largest absolute Gasteiger partial charge is 0.475 e. The van der Waals surface area contributed by atoms with E-state index in [-0.39, 0.29) is 16.9 Å². The summed E-state index contributed by atoms with van der Waals surface area (Å²) in [6.07, 6.45) is 5.09. The lowest BCUT2D eigenvalue weighted by molar-refractivity contribution is -0.117. The van der Waals surface area contributed by atoms with E-state index in [1.165, 1.54) is 0 Å². The van der Waals surface area contributed by atoms with E-state index in [9.17, 15) is 4.79 Å². The predicted octanol–water partition coefficient (Wildman–Crippen LogP) is 5.24. The number of amides is 1. The van der Waals surface area contributed by atoms with Crippen molar-refractivity contribution in [2.45, 2.75) is 58.7 Å². The normalized spacial score (nSPS) is 13.9. The Bertz CT molecular complexity index is 1290. The number of nitrogens with zero attached hydrogens (tertiary/aromatic N) is 4. The quantitative estimate of drug-likeness (QED) is 0.290. The van der Waals surface area contributed by atoms with Crippen molar-refractivity contribution >= 4 is 25.7 Å². The fourth-order valence-corrected chi connectivity index (χ4v) is 4.47. The summed E-state index contributed by atoms with van der Waals surface area (Å²) >= 11 is 0. The van der Waals surface area contributed by atoms with Crippen LogP contribution in [0.25, 0.3) is 22.6 Å². The van der Waals surface area contributed by atoms with E-state index in [2.05, 4.69) is 54.1 Å². The van der Waals surface area contributed by atoms with Crippen LogP contribution in [0.4, 0.5) is 11.5 Å². The molecule has 0 unspecified atom stereocenters. The summed E-state index contributed by atoms with van der Waals surface area (Å²) in [7, 11) is -1.88. The fraction of sp³-hybridized carbons (Fsp3) is 0.444. The third kappa shape index (κ3) is 6.69. The number of nitrogens with two attached hydrogens (primary N) is 1. The van der Waals surface area contributed by atoms with Crippen molar-refractivity contribution in [3.05, 3.63) is 42.4 Å². The molecule has 4 rings (SSSR count). The summed E-state index contributed by atoms with van der Waals surface area (Å²) in [6.45, 7) is 13.8. The molecule has 0 saturated heterocycles. The van der Waals surface area contributed by atoms with Gasteiger partial charge in [0.2, 0.25) is 11.8 Å². The third-order valence-corrected chi connectivity index (χ3v) is 11.4. The number of anilines is 2. The average Bonchev–Trinajstić information content (AvgIpc) is 3.68. The molecular weight excluding hydrogens is 484 g/mol. The molecule has 10 heteroatoms. The second kappa shape index (κ2) is 10.5. The lowest BCUT2D eigenvalue weighted by Gasteiger charge is -2.36. The Morgan fingerprint density at radius 2 is 1.89 bits per heavy atom. The molecule has 0 atom stereocenters. The lowest BCUT2D eigenvalue weighted by Crippen LogP contribution is -2.41. The van der Waals surface area contributed by atoms with Gasteiger partial charge in [-0.3, -0.25) is 9.78 Å². The van der Waals surface area contributed by atoms with Gasteiger partial charge in [0, 0.05) is 35.0 Å². The first kappa shape index (κ1) is 26.7. The standard InChI is InChI=1S/C27H36N6O3Si/c1-17-21(14-20(28)16-30-17)22-15-24(35-11-12-36-37(5,6)27(2,3)4)33-25(31-22)19-9-10-29-23(13-19)32-26(34)18-7-8-18/h9-10,13-16,18H,7-8,11-12,28H2,1-6H3,(H,29,32,34). The molecule has 1 aliphatic carbocycles. The zero-order valence-corrected chi connectivity index (χ0v) is 23.5. The van der Waals surface area contributed by atoms with Gasteiger partial charge in [-0.1, -0.05) is 20.8 Å². The maximum absolute atomic E-state index is 12.2. The second-order valence-electron chi connectivity index (χ2n) is 11.0. The number of hydrogen-bond donors (Lipinski definition) is 2. The molecule has 1 fully saturated rings. The highest BCUT2D eigenvalue weighted by Crippen LogP contribution is 2.36. The molecule has 0 radical (unpaired) electrons. The van der Waals surface area contributed by atoms with Gasteiger partial charge in [-0.05, 0) is 56.1 Å². The third-order valence-electron chi connectivity index (χ3n) is 6.91. The van der Waals surface area contributed by atoms with Crippen LogP contribution in [-0.2, 0) is 9.22 Å². The molecule has 3 aromatic heterocycles. The first-order chi connectivity index (χ1) is 17.4. The number of aryl methyl sites for hydroxylation is 1. The minimum absolute atomic E-state index is 0.00784. The summed E-state index contributed by atoms with van der Waals surface area (Å²) in [6, 6.07) is 7.21. The van der Waals surface area contributed by atoms with Crippen molar-refractivity contribution in [1.82, 2.24) is 19.9 Å². The number of rotatable bonds is 9. The SMILES string of the molecule is Cc1ncc(N)cc1-c1cc(OCCO[Si](C)(C)C(C)(C)C)nc(-c2ccnc(NC(=O)C3CC3)c2)n1. The molecular formula is C27H36N6O3Si. The molecule has 0 spiro atoms. The molecule has 3 heterocycles. The highest BCUT2D eigenvalue weighted by atomic mass is 28.4. The summed E-state index contributed by atoms with van der Waals surface area (Å²) in [4.78, 5) is 30.4. The molecule has 9 nitrogen and oxygen atoms in total. The topological polar surface area (TPSA) is 125 Å². The van der Waals surface area contributed by atoms with E-state index in [1.54, 1.807) is 30.6 Å². The Morgan fingerprint density at radius 1 is 1.14 bits per heavy atom. The van der Waals surface area contributed by atoms with Crippen LogP contribution in [0.2, 0.25) is 18.1 Å². The van der Waals surface area contributed by atoms with Crippen molar-refractivity contribution in [1.29, 1.82) is 0 Å². The van der Waals surface area contributed by atoms with Crippen molar-refractivity contribution in [3.8, 4) is 28.5 Å². The van der Waals surface area contributed by atoms with Gasteiger partial charge in [0.15, 0.2) is 14.1 Å². The van der Waals surface area contributed by atoms with Crippen molar-refractivity contribution in [3.63, 3.8) is 0 Å². The molecule has 3 N–H and O–H groups in total. The molecule has 3 aromatic rings. The Balaban J connectivity index is 1.61. The van der Waals surface area contributed by atoms with Crippen LogP contribution in [0, 0.1) is 12.8 Å². The molecule has 37 heavy (non-hydrogen) atoms. The smallest absolute Gasteiger partial charge is 0.228 e. The van der Waals surface area contributed by atoms with Gasteiger partial charge >= 0.3 is 0 Å². The van der Waals surface area contributed by atoms with Gasteiger partial charge in [-0.2, -0.15) is 4.98 Å². The van der Waals surface area contributed by atoms with E-state index >= 15 is 0 Å². The van der Waals surface area contributed by atoms with E-state index in [0.29, 0.717) is 47.7 Å². The molecule has 1 saturated carbocycles. The number of aromatic nitrogens is 4. The summed E-state index contributed by atoms with van der Waals surface area (Å²) in [5.74, 6) is 1.41. The molecule has 196 valence electrons. The zero-order chi connectivity index (χ0) is 26.8. The van der Waals surface area contributed by atoms with Gasteiger partial charge < -0.3 is 20.2 Å². The maximum Gasteiger partial charge on any atom is 0.228 e. The Labute approximate surface area is 219 Å². The highest BCUT2D eigenvalue weighted by Gasteiger charge is 2.37. The van der Waals surface area contributed by atoms with E-state index < -0.39 is 8.32 Å². The van der Waals surface area contributed by atoms with Gasteiger partial charge in [-0.15, -0.1) is 0 Å². The van der Waals surface area contributed by atoms with Gasteiger partial charge in [-0.25, -0.2) is 9.97 Å². The first-order valence-corrected chi connectivity index (χ1v) is 15.5. The first-order valence-electron chi connectivity index (χ1n) is 12.6. The summed E-state index contributed by atoms with van der Waals surface area (Å²) in [5.41, 5.74) is 9.50. The predicted molar refractivity (Wildman–Crippen MR) is 148 cm³/mol. The number of carbonyl (C=O) groups is 1. The number of nitrogen functional groups attached to an aromatic ring is 1. The molecule has 0 aliphatic heterocycles. The molecule has 0 aromatic carbocycles. The van der Waals surface area contributed by atoms with Crippen molar-refractivity contribution < 1.29 is 14.0 Å². The number of hydrogen-bond acceptors (Lipinski definition) is 8. The Morgan fingerprint density at radius 3 is 2.59 bits per heavy atom. The molecule has 1 aliphatic rings. The van der Waals surface area contributed by atoms with Crippen LogP contribution in [0.5, 0.6) is 5.88 Å². The zero-order valence-electron chi connectivity index (χ0n) is 22.5. The monoisotopic (exact) mass is 520 g/mol. The highest BCUT2D eigenvalue weighted by molar-refractivity contribution is 6.74. The number of nitrogens with one attached hydrogen (secondary N) is 1. The number of pyridine rings is 2. The number of carbonyl (C=O) groups excluding carboxylic acids is 1. The average molecular weight is 521 g/mol. The van der Waals surface area contributed by atoms with Gasteiger partial charge in [0.25, 0.3) is 0 Å². The molecule has 0 bridgehead atoms. The minimum Gasteiger partial charge on any atom is -0.475 e. The molecule has 1 amide bonds.